The number of nitrogens with zero attached hydrogens (tertiary/aromatic N) is 1. The number of hydrogen-bond donors (Lipinski definition) is 0. The zero-order valence-corrected chi connectivity index (χ0v) is 26.5. The van der Waals surface area contributed by atoms with Gasteiger partial charge >= 0.3 is 0 Å². The normalized spacial score (nSPS) is 24.5. The fourth-order valence-corrected chi connectivity index (χ4v) is 7.78. The monoisotopic (exact) mass is 535 g/mol. The van der Waals surface area contributed by atoms with Crippen LogP contribution in [0, 0.1) is 12.3 Å². The predicted molar refractivity (Wildman–Crippen MR) is 157 cm³/mol. The van der Waals surface area contributed by atoms with Gasteiger partial charge < -0.3 is 13.9 Å². The number of ether oxygens (including phenoxy) is 2. The Morgan fingerprint density at radius 3 is 2.24 bits per heavy atom. The third kappa shape index (κ3) is 4.82. The van der Waals surface area contributed by atoms with Crippen molar-refractivity contribution in [3.05, 3.63) is 63.5 Å². The van der Waals surface area contributed by atoms with Crippen LogP contribution in [-0.2, 0) is 25.9 Å². The van der Waals surface area contributed by atoms with Gasteiger partial charge in [-0.05, 0) is 60.4 Å². The molecule has 5 rings (SSSR count). The zero-order valence-electron chi connectivity index (χ0n) is 25.5. The molecule has 0 N–H and O–H groups in total. The van der Waals surface area contributed by atoms with Crippen molar-refractivity contribution in [2.24, 2.45) is 5.41 Å². The minimum absolute atomic E-state index is 0.0391. The van der Waals surface area contributed by atoms with E-state index in [1.54, 1.807) is 0 Å². The molecule has 1 aromatic carbocycles. The summed E-state index contributed by atoms with van der Waals surface area (Å²) in [6.45, 7) is 24.8. The van der Waals surface area contributed by atoms with Gasteiger partial charge in [-0.25, -0.2) is 0 Å². The maximum Gasteiger partial charge on any atom is 0.192 e. The van der Waals surface area contributed by atoms with Gasteiger partial charge in [0.1, 0.15) is 6.10 Å². The molecule has 1 aliphatic carbocycles. The Morgan fingerprint density at radius 1 is 1.03 bits per heavy atom. The first kappa shape index (κ1) is 28.0. The highest BCUT2D eigenvalue weighted by Crippen LogP contribution is 2.58. The van der Waals surface area contributed by atoms with Crippen molar-refractivity contribution in [1.29, 1.82) is 0 Å². The minimum atomic E-state index is -2.03. The van der Waals surface area contributed by atoms with E-state index in [-0.39, 0.29) is 28.3 Å². The summed E-state index contributed by atoms with van der Waals surface area (Å²) < 4.78 is 20.5. The maximum absolute atomic E-state index is 7.33. The lowest BCUT2D eigenvalue weighted by atomic mass is 9.70. The first-order valence-electron chi connectivity index (χ1n) is 14.7. The molecule has 2 aliphatic heterocycles. The van der Waals surface area contributed by atoms with Crippen LogP contribution in [0.1, 0.15) is 125 Å². The van der Waals surface area contributed by atoms with Gasteiger partial charge in [0, 0.05) is 48.6 Å². The summed E-state index contributed by atoms with van der Waals surface area (Å²) in [4.78, 5) is 5.52. The lowest BCUT2D eigenvalue weighted by molar-refractivity contribution is -0.122. The van der Waals surface area contributed by atoms with Crippen molar-refractivity contribution in [2.75, 3.05) is 13.2 Å². The summed E-state index contributed by atoms with van der Waals surface area (Å²) >= 11 is 0. The van der Waals surface area contributed by atoms with Gasteiger partial charge in [-0.1, -0.05) is 78.3 Å². The molecule has 208 valence electrons. The lowest BCUT2D eigenvalue weighted by Crippen LogP contribution is -2.45. The fraction of sp³-hybridized carbons (Fsp3) is 0.667. The van der Waals surface area contributed by atoms with Crippen molar-refractivity contribution >= 4 is 8.32 Å². The molecule has 2 atom stereocenters. The van der Waals surface area contributed by atoms with Crippen LogP contribution >= 0.6 is 0 Å². The third-order valence-electron chi connectivity index (χ3n) is 9.62. The molecule has 4 nitrogen and oxygen atoms in total. The van der Waals surface area contributed by atoms with Gasteiger partial charge in [-0.3, -0.25) is 4.98 Å². The first-order chi connectivity index (χ1) is 17.6. The molecular weight excluding hydrogens is 486 g/mol. The van der Waals surface area contributed by atoms with E-state index in [0.717, 1.165) is 38.9 Å². The summed E-state index contributed by atoms with van der Waals surface area (Å²) in [5, 5.41) is 0.139. The summed E-state index contributed by atoms with van der Waals surface area (Å²) in [5.74, 6) is 0.311. The summed E-state index contributed by atoms with van der Waals surface area (Å²) in [6.07, 6.45) is 3.69. The highest BCUT2D eigenvalue weighted by molar-refractivity contribution is 6.74. The first-order valence-corrected chi connectivity index (χ1v) is 17.6. The molecule has 2 aromatic rings. The number of benzene rings is 1. The third-order valence-corrected chi connectivity index (χ3v) is 14.1. The van der Waals surface area contributed by atoms with Crippen molar-refractivity contribution in [2.45, 2.75) is 123 Å². The number of aromatic nitrogens is 1. The van der Waals surface area contributed by atoms with Crippen molar-refractivity contribution in [1.82, 2.24) is 4.98 Å². The van der Waals surface area contributed by atoms with Crippen LogP contribution in [0.15, 0.2) is 24.3 Å². The van der Waals surface area contributed by atoms with Gasteiger partial charge in [0.2, 0.25) is 0 Å². The standard InChI is InChI=1S/C33H49NO3Si/c1-21(2)29-27-28(33(15-17-35-18-16-33)36-30(27)23-13-11-22(3)12-14-23)26-24(34-29)19-32(7,8)20-25(26)37-38(9,10)31(4,5)6/h11-14,21,25,30H,15-20H2,1-10H3/t25-,30+/m0/s1. The molecule has 1 saturated heterocycles. The smallest absolute Gasteiger partial charge is 0.192 e. The van der Waals surface area contributed by atoms with Gasteiger partial charge in [0.25, 0.3) is 0 Å². The molecule has 5 heteroatoms. The number of pyridine rings is 1. The van der Waals surface area contributed by atoms with E-state index < -0.39 is 8.32 Å². The zero-order chi connectivity index (χ0) is 27.7. The van der Waals surface area contributed by atoms with Crippen LogP contribution in [0.4, 0.5) is 0 Å². The summed E-state index contributed by atoms with van der Waals surface area (Å²) in [5.41, 5.74) is 8.79. The molecule has 3 heterocycles. The quantitative estimate of drug-likeness (QED) is 0.367. The summed E-state index contributed by atoms with van der Waals surface area (Å²) in [7, 11) is -2.03. The average molecular weight is 536 g/mol. The van der Waals surface area contributed by atoms with E-state index in [2.05, 4.69) is 92.7 Å². The largest absolute Gasteiger partial charge is 0.410 e. The van der Waals surface area contributed by atoms with Crippen LogP contribution < -0.4 is 0 Å². The van der Waals surface area contributed by atoms with Crippen LogP contribution in [0.3, 0.4) is 0 Å². The van der Waals surface area contributed by atoms with E-state index in [1.807, 2.05) is 0 Å². The predicted octanol–water partition coefficient (Wildman–Crippen LogP) is 8.67. The van der Waals surface area contributed by atoms with Crippen molar-refractivity contribution in [3.8, 4) is 0 Å². The lowest BCUT2D eigenvalue weighted by Gasteiger charge is -2.46. The number of rotatable bonds is 4. The Balaban J connectivity index is 1.79. The molecule has 0 bridgehead atoms. The molecule has 0 saturated carbocycles. The van der Waals surface area contributed by atoms with Crippen LogP contribution in [0.5, 0.6) is 0 Å². The van der Waals surface area contributed by atoms with E-state index in [0.29, 0.717) is 5.92 Å². The Labute approximate surface area is 232 Å². The molecule has 1 fully saturated rings. The minimum Gasteiger partial charge on any atom is -0.410 e. The van der Waals surface area contributed by atoms with Gasteiger partial charge in [-0.15, -0.1) is 0 Å². The Morgan fingerprint density at radius 2 is 1.66 bits per heavy atom. The van der Waals surface area contributed by atoms with Gasteiger partial charge in [0.15, 0.2) is 8.32 Å². The van der Waals surface area contributed by atoms with E-state index >= 15 is 0 Å². The van der Waals surface area contributed by atoms with E-state index in [4.69, 9.17) is 18.9 Å². The average Bonchev–Trinajstić information content (AvgIpc) is 3.11. The topological polar surface area (TPSA) is 40.6 Å². The van der Waals surface area contributed by atoms with Crippen LogP contribution in [0.2, 0.25) is 18.1 Å². The van der Waals surface area contributed by atoms with Gasteiger partial charge in [0.05, 0.1) is 11.7 Å². The van der Waals surface area contributed by atoms with Crippen molar-refractivity contribution < 1.29 is 13.9 Å². The highest BCUT2D eigenvalue weighted by atomic mass is 28.4. The second-order valence-electron chi connectivity index (χ2n) is 14.7. The second kappa shape index (κ2) is 9.54. The van der Waals surface area contributed by atoms with Crippen LogP contribution in [0.25, 0.3) is 0 Å². The Bertz CT molecular complexity index is 1190. The molecule has 0 radical (unpaired) electrons. The van der Waals surface area contributed by atoms with Crippen LogP contribution in [-0.4, -0.2) is 26.5 Å². The highest BCUT2D eigenvalue weighted by Gasteiger charge is 2.53. The molecule has 0 amide bonds. The molecule has 38 heavy (non-hydrogen) atoms. The molecule has 3 aliphatic rings. The maximum atomic E-state index is 7.33. The molecule has 0 unspecified atom stereocenters. The van der Waals surface area contributed by atoms with Gasteiger partial charge in [-0.2, -0.15) is 0 Å². The molecule has 1 aromatic heterocycles. The Hall–Kier alpha value is -1.53. The molecule has 1 spiro atoms. The second-order valence-corrected chi connectivity index (χ2v) is 19.5. The number of fused-ring (bicyclic) bond motifs is 4. The van der Waals surface area contributed by atoms with E-state index in [1.165, 1.54) is 39.2 Å². The number of aryl methyl sites for hydroxylation is 1. The van der Waals surface area contributed by atoms with Crippen molar-refractivity contribution in [3.63, 3.8) is 0 Å². The number of hydrogen-bond acceptors (Lipinski definition) is 4. The SMILES string of the molecule is Cc1ccc([C@H]2OC3(CCOCC3)c3c2c(C(C)C)nc2c3[C@@H](O[Si](C)(C)C(C)(C)C)CC(C)(C)C2)cc1. The van der Waals surface area contributed by atoms with E-state index in [9.17, 15) is 0 Å². The Kier molecular flexibility index (Phi) is 7.03. The summed E-state index contributed by atoms with van der Waals surface area (Å²) in [6, 6.07) is 8.91. The molecular formula is C33H49NO3Si. The fourth-order valence-electron chi connectivity index (χ4n) is 6.51.